The highest BCUT2D eigenvalue weighted by Gasteiger charge is 2.50. The van der Waals surface area contributed by atoms with Crippen molar-refractivity contribution in [3.8, 4) is 11.5 Å². The molecule has 1 aromatic rings. The average molecular weight is 441 g/mol. The van der Waals surface area contributed by atoms with Gasteiger partial charge in [0.05, 0.1) is 7.11 Å². The van der Waals surface area contributed by atoms with Gasteiger partial charge in [-0.1, -0.05) is 31.7 Å². The molecule has 0 spiro atoms. The van der Waals surface area contributed by atoms with Gasteiger partial charge in [-0.3, -0.25) is 4.79 Å². The average Bonchev–Trinajstić information content (AvgIpc) is 3.43. The van der Waals surface area contributed by atoms with Gasteiger partial charge < -0.3 is 26.0 Å². The Bertz CT molecular complexity index is 729. The molecule has 3 rings (SSSR count). The minimum absolute atomic E-state index is 0. The fourth-order valence-electron chi connectivity index (χ4n) is 5.06. The van der Waals surface area contributed by atoms with E-state index in [0.717, 1.165) is 51.4 Å². The van der Waals surface area contributed by atoms with E-state index in [0.29, 0.717) is 5.56 Å². The van der Waals surface area contributed by atoms with Crippen LogP contribution in [0.15, 0.2) is 18.2 Å². The Morgan fingerprint density at radius 2 is 1.63 bits per heavy atom. The first-order valence-corrected chi connectivity index (χ1v) is 10.5. The number of nitrogens with two attached hydrogens (primary N) is 1. The van der Waals surface area contributed by atoms with Crippen LogP contribution in [0.5, 0.6) is 11.5 Å². The molecule has 30 heavy (non-hydrogen) atoms. The zero-order chi connectivity index (χ0) is 21.0. The summed E-state index contributed by atoms with van der Waals surface area (Å²) in [7, 11) is 1.28. The minimum atomic E-state index is -0.976. The third kappa shape index (κ3) is 5.01. The molecule has 5 N–H and O–H groups in total. The maximum absolute atomic E-state index is 13.4. The number of esters is 1. The van der Waals surface area contributed by atoms with Crippen molar-refractivity contribution >= 4 is 24.3 Å². The monoisotopic (exact) mass is 440 g/mol. The predicted molar refractivity (Wildman–Crippen MR) is 116 cm³/mol. The Morgan fingerprint density at radius 1 is 1.10 bits per heavy atom. The first kappa shape index (κ1) is 24.3. The maximum atomic E-state index is 13.4. The van der Waals surface area contributed by atoms with Crippen molar-refractivity contribution in [1.29, 1.82) is 0 Å². The van der Waals surface area contributed by atoms with Crippen molar-refractivity contribution in [2.45, 2.75) is 69.4 Å². The fraction of sp³-hybridized carbons (Fsp3) is 0.636. The van der Waals surface area contributed by atoms with Crippen molar-refractivity contribution < 1.29 is 24.5 Å². The Kier molecular flexibility index (Phi) is 8.38. The van der Waals surface area contributed by atoms with Crippen LogP contribution in [0.25, 0.3) is 0 Å². The molecule has 0 radical (unpaired) electrons. The molecule has 0 saturated heterocycles. The molecule has 2 fully saturated rings. The van der Waals surface area contributed by atoms with Gasteiger partial charge >= 0.3 is 5.97 Å². The van der Waals surface area contributed by atoms with Gasteiger partial charge in [-0.05, 0) is 55.2 Å². The Morgan fingerprint density at radius 3 is 2.10 bits per heavy atom. The first-order valence-electron chi connectivity index (χ1n) is 10.5. The number of ether oxygens (including phenoxy) is 1. The maximum Gasteiger partial charge on any atom is 0.328 e. The summed E-state index contributed by atoms with van der Waals surface area (Å²) in [6, 6.07) is 3.41. The third-order valence-corrected chi connectivity index (χ3v) is 6.73. The van der Waals surface area contributed by atoms with E-state index in [-0.39, 0.29) is 48.1 Å². The van der Waals surface area contributed by atoms with Gasteiger partial charge in [0, 0.05) is 6.42 Å². The lowest BCUT2D eigenvalue weighted by Gasteiger charge is -2.40. The van der Waals surface area contributed by atoms with Crippen LogP contribution in [0.1, 0.15) is 56.9 Å². The summed E-state index contributed by atoms with van der Waals surface area (Å²) in [6.45, 7) is 0. The Labute approximate surface area is 183 Å². The van der Waals surface area contributed by atoms with Crippen LogP contribution in [0.4, 0.5) is 0 Å². The Balaban J connectivity index is 0.00000320. The number of benzene rings is 1. The van der Waals surface area contributed by atoms with Gasteiger partial charge in [-0.15, -0.1) is 12.4 Å². The molecule has 1 aromatic carbocycles. The van der Waals surface area contributed by atoms with Gasteiger partial charge in [0.1, 0.15) is 11.6 Å². The van der Waals surface area contributed by atoms with E-state index in [2.05, 4.69) is 5.32 Å². The van der Waals surface area contributed by atoms with Crippen LogP contribution in [-0.4, -0.2) is 40.8 Å². The van der Waals surface area contributed by atoms with Gasteiger partial charge in [0.25, 0.3) is 0 Å². The molecule has 0 aliphatic heterocycles. The molecule has 168 valence electrons. The molecule has 7 nitrogen and oxygen atoms in total. The van der Waals surface area contributed by atoms with Crippen LogP contribution in [0.2, 0.25) is 0 Å². The van der Waals surface area contributed by atoms with Crippen LogP contribution in [0.3, 0.4) is 0 Å². The van der Waals surface area contributed by atoms with Crippen LogP contribution in [0, 0.1) is 11.8 Å². The third-order valence-electron chi connectivity index (χ3n) is 6.73. The molecular weight excluding hydrogens is 408 g/mol. The number of phenolic OH excluding ortho intramolecular Hbond substituents is 2. The van der Waals surface area contributed by atoms with E-state index < -0.39 is 17.6 Å². The standard InChI is InChI=1S/C22H32N2O5.ClH/c1-29-20(27)17(12-14-10-11-18(25)19(26)13-14)24-21(28)22(23,15-6-2-3-7-15)16-8-4-5-9-16;/h10-11,13,15-17,25-26H,2-9,12,23H2,1H3,(H,24,28);1H/t17-;/m0./s1. The highest BCUT2D eigenvalue weighted by molar-refractivity contribution is 5.91. The number of carbonyl (C=O) groups is 2. The van der Waals surface area contributed by atoms with Crippen LogP contribution in [-0.2, 0) is 20.7 Å². The number of rotatable bonds is 7. The van der Waals surface area contributed by atoms with E-state index in [1.165, 1.54) is 19.2 Å². The van der Waals surface area contributed by atoms with Crippen molar-refractivity contribution in [1.82, 2.24) is 5.32 Å². The summed E-state index contributed by atoms with van der Waals surface area (Å²) in [5.41, 5.74) is 6.46. The Hall–Kier alpha value is -1.99. The highest BCUT2D eigenvalue weighted by atomic mass is 35.5. The van der Waals surface area contributed by atoms with E-state index >= 15 is 0 Å². The van der Waals surface area contributed by atoms with Crippen molar-refractivity contribution in [2.75, 3.05) is 7.11 Å². The molecule has 0 aromatic heterocycles. The molecule has 1 amide bonds. The van der Waals surface area contributed by atoms with Gasteiger partial charge in [0.15, 0.2) is 11.5 Å². The van der Waals surface area contributed by atoms with E-state index in [1.54, 1.807) is 6.07 Å². The summed E-state index contributed by atoms with van der Waals surface area (Å²) < 4.78 is 4.90. The van der Waals surface area contributed by atoms with Crippen molar-refractivity contribution in [3.05, 3.63) is 23.8 Å². The van der Waals surface area contributed by atoms with E-state index in [4.69, 9.17) is 10.5 Å². The summed E-state index contributed by atoms with van der Waals surface area (Å²) >= 11 is 0. The SMILES string of the molecule is COC(=O)[C@H](Cc1ccc(O)c(O)c1)NC(=O)C(N)(C1CCCC1)C1CCCC1.Cl. The number of carbonyl (C=O) groups excluding carboxylic acids is 2. The molecular formula is C22H33ClN2O5. The van der Waals surface area contributed by atoms with Gasteiger partial charge in [-0.2, -0.15) is 0 Å². The second kappa shape index (κ2) is 10.4. The summed E-state index contributed by atoms with van der Waals surface area (Å²) in [5.74, 6) is -1.11. The molecule has 2 saturated carbocycles. The van der Waals surface area contributed by atoms with Crippen molar-refractivity contribution in [3.63, 3.8) is 0 Å². The topological polar surface area (TPSA) is 122 Å². The number of halogens is 1. The zero-order valence-corrected chi connectivity index (χ0v) is 18.2. The van der Waals surface area contributed by atoms with Gasteiger partial charge in [-0.25, -0.2) is 4.79 Å². The minimum Gasteiger partial charge on any atom is -0.504 e. The molecule has 2 aliphatic carbocycles. The van der Waals surface area contributed by atoms with E-state index in [9.17, 15) is 19.8 Å². The summed E-state index contributed by atoms with van der Waals surface area (Å²) in [6.07, 6.45) is 8.22. The predicted octanol–water partition coefficient (Wildman–Crippen LogP) is 2.80. The zero-order valence-electron chi connectivity index (χ0n) is 17.4. The number of nitrogens with one attached hydrogen (secondary N) is 1. The second-order valence-corrected chi connectivity index (χ2v) is 8.47. The lowest BCUT2D eigenvalue weighted by atomic mass is 9.72. The largest absolute Gasteiger partial charge is 0.504 e. The van der Waals surface area contributed by atoms with Crippen LogP contribution < -0.4 is 11.1 Å². The number of aromatic hydroxyl groups is 2. The normalized spacial score (nSPS) is 18.6. The smallest absolute Gasteiger partial charge is 0.328 e. The molecule has 0 bridgehead atoms. The lowest BCUT2D eigenvalue weighted by Crippen LogP contribution is -2.64. The number of hydrogen-bond acceptors (Lipinski definition) is 6. The fourth-order valence-corrected chi connectivity index (χ4v) is 5.06. The summed E-state index contributed by atoms with van der Waals surface area (Å²) in [4.78, 5) is 25.8. The van der Waals surface area contributed by atoms with E-state index in [1.807, 2.05) is 0 Å². The molecule has 0 unspecified atom stereocenters. The summed E-state index contributed by atoms with van der Waals surface area (Å²) in [5, 5.41) is 22.1. The molecule has 0 heterocycles. The second-order valence-electron chi connectivity index (χ2n) is 8.47. The lowest BCUT2D eigenvalue weighted by molar-refractivity contribution is -0.146. The quantitative estimate of drug-likeness (QED) is 0.382. The molecule has 8 heteroatoms. The number of phenols is 2. The van der Waals surface area contributed by atoms with Crippen LogP contribution >= 0.6 is 12.4 Å². The molecule has 2 aliphatic rings. The van der Waals surface area contributed by atoms with Gasteiger partial charge in [0.2, 0.25) is 5.91 Å². The number of hydrogen-bond donors (Lipinski definition) is 4. The first-order chi connectivity index (χ1) is 13.9. The number of methoxy groups -OCH3 is 1. The molecule has 1 atom stereocenters. The highest BCUT2D eigenvalue weighted by Crippen LogP contribution is 2.43. The van der Waals surface area contributed by atoms with Crippen molar-refractivity contribution in [2.24, 2.45) is 17.6 Å². The number of amides is 1.